The Balaban J connectivity index is 1.50. The van der Waals surface area contributed by atoms with Gasteiger partial charge in [-0.15, -0.1) is 0 Å². The summed E-state index contributed by atoms with van der Waals surface area (Å²) in [4.78, 5) is 20.8. The van der Waals surface area contributed by atoms with Gasteiger partial charge in [0.05, 0.1) is 14.2 Å². The van der Waals surface area contributed by atoms with Gasteiger partial charge in [0, 0.05) is 55.4 Å². The third-order valence-corrected chi connectivity index (χ3v) is 3.89. The zero-order valence-corrected chi connectivity index (χ0v) is 16.5. The van der Waals surface area contributed by atoms with Crippen molar-refractivity contribution < 1.29 is 14.3 Å². The van der Waals surface area contributed by atoms with Gasteiger partial charge >= 0.3 is 6.03 Å². The van der Waals surface area contributed by atoms with Gasteiger partial charge in [0.25, 0.3) is 0 Å². The lowest BCUT2D eigenvalue weighted by Crippen LogP contribution is -2.32. The third-order valence-electron chi connectivity index (χ3n) is 3.89. The molecule has 2 amide bonds. The van der Waals surface area contributed by atoms with E-state index in [4.69, 9.17) is 9.47 Å². The van der Waals surface area contributed by atoms with Crippen LogP contribution < -0.4 is 25.4 Å². The molecule has 10 heteroatoms. The van der Waals surface area contributed by atoms with Crippen molar-refractivity contribution in [3.05, 3.63) is 48.5 Å². The number of hydrogen-bond donors (Lipinski definition) is 3. The summed E-state index contributed by atoms with van der Waals surface area (Å²) in [7, 11) is 3.11. The fourth-order valence-electron chi connectivity index (χ4n) is 2.59. The summed E-state index contributed by atoms with van der Waals surface area (Å²) >= 11 is 0. The molecule has 3 rings (SSSR count). The van der Waals surface area contributed by atoms with E-state index >= 15 is 0 Å². The monoisotopic (exact) mass is 397 g/mol. The molecule has 2 heterocycles. The first-order valence-corrected chi connectivity index (χ1v) is 8.95. The summed E-state index contributed by atoms with van der Waals surface area (Å²) in [6, 6.07) is 8.43. The smallest absolute Gasteiger partial charge is 0.319 e. The molecule has 0 spiro atoms. The molecule has 0 fully saturated rings. The molecule has 0 radical (unpaired) electrons. The first-order chi connectivity index (χ1) is 14.1. The molecule has 0 saturated carbocycles. The number of benzene rings is 1. The Hall–Kier alpha value is -3.82. The largest absolute Gasteiger partial charge is 0.497 e. The lowest BCUT2D eigenvalue weighted by atomic mass is 10.3. The highest BCUT2D eigenvalue weighted by Gasteiger charge is 2.07. The molecule has 1 aromatic carbocycles. The molecule has 0 aliphatic carbocycles. The third kappa shape index (κ3) is 5.58. The second-order valence-corrected chi connectivity index (χ2v) is 6.02. The van der Waals surface area contributed by atoms with E-state index in [1.807, 2.05) is 19.2 Å². The summed E-state index contributed by atoms with van der Waals surface area (Å²) in [5.74, 6) is 3.13. The van der Waals surface area contributed by atoms with Gasteiger partial charge < -0.3 is 25.4 Å². The Morgan fingerprint density at radius 1 is 1.07 bits per heavy atom. The van der Waals surface area contributed by atoms with Crippen LogP contribution in [0, 0.1) is 6.92 Å². The topological polar surface area (TPSA) is 115 Å². The number of aromatic nitrogens is 4. The number of ether oxygens (including phenoxy) is 2. The number of carbonyl (C=O) groups is 1. The molecule has 0 bridgehead atoms. The summed E-state index contributed by atoms with van der Waals surface area (Å²) < 4.78 is 12.0. The van der Waals surface area contributed by atoms with Crippen LogP contribution in [0.15, 0.2) is 42.7 Å². The van der Waals surface area contributed by atoms with Crippen LogP contribution in [-0.2, 0) is 0 Å². The van der Waals surface area contributed by atoms with Crippen LogP contribution >= 0.6 is 0 Å². The van der Waals surface area contributed by atoms with Gasteiger partial charge in [-0.25, -0.2) is 19.4 Å². The van der Waals surface area contributed by atoms with Crippen molar-refractivity contribution in [1.29, 1.82) is 0 Å². The Labute approximate surface area is 168 Å². The average Bonchev–Trinajstić information content (AvgIpc) is 3.25. The predicted molar refractivity (Wildman–Crippen MR) is 109 cm³/mol. The Kier molecular flexibility index (Phi) is 6.46. The first-order valence-electron chi connectivity index (χ1n) is 8.95. The molecule has 2 aromatic heterocycles. The lowest BCUT2D eigenvalue weighted by Gasteiger charge is -2.12. The molecule has 152 valence electrons. The molecule has 0 aliphatic heterocycles. The standard InChI is InChI=1S/C19H23N7O3/c1-13-23-17(12-18(24-13)26-8-4-5-22-26)20-6-7-21-19(27)25-14-9-15(28-2)11-16(10-14)29-3/h4-5,8-12H,6-7H2,1-3H3,(H,20,23,24)(H2,21,25,27). The second-order valence-electron chi connectivity index (χ2n) is 6.02. The average molecular weight is 397 g/mol. The Bertz CT molecular complexity index is 938. The summed E-state index contributed by atoms with van der Waals surface area (Å²) in [5, 5.41) is 12.9. The first kappa shape index (κ1) is 19.9. The second kappa shape index (κ2) is 9.40. The number of carbonyl (C=O) groups excluding carboxylic acids is 1. The summed E-state index contributed by atoms with van der Waals surface area (Å²) in [6.45, 7) is 2.70. The molecule has 0 aliphatic rings. The number of nitrogens with one attached hydrogen (secondary N) is 3. The normalized spacial score (nSPS) is 10.3. The van der Waals surface area contributed by atoms with Crippen molar-refractivity contribution in [1.82, 2.24) is 25.1 Å². The van der Waals surface area contributed by atoms with Crippen molar-refractivity contribution in [2.45, 2.75) is 6.92 Å². The molecular formula is C19H23N7O3. The fraction of sp³-hybridized carbons (Fsp3) is 0.263. The number of aryl methyl sites for hydroxylation is 1. The lowest BCUT2D eigenvalue weighted by molar-refractivity contribution is 0.252. The van der Waals surface area contributed by atoms with Gasteiger partial charge in [0.2, 0.25) is 0 Å². The minimum atomic E-state index is -0.335. The number of hydrogen-bond acceptors (Lipinski definition) is 7. The van der Waals surface area contributed by atoms with E-state index in [-0.39, 0.29) is 6.03 Å². The van der Waals surface area contributed by atoms with Crippen LogP contribution in [-0.4, -0.2) is 53.1 Å². The molecular weight excluding hydrogens is 374 g/mol. The van der Waals surface area contributed by atoms with Gasteiger partial charge in [0.1, 0.15) is 23.1 Å². The number of urea groups is 1. The quantitative estimate of drug-likeness (QED) is 0.499. The number of amides is 2. The van der Waals surface area contributed by atoms with Gasteiger partial charge in [-0.05, 0) is 13.0 Å². The molecule has 10 nitrogen and oxygen atoms in total. The summed E-state index contributed by atoms with van der Waals surface area (Å²) in [6.07, 6.45) is 3.50. The van der Waals surface area contributed by atoms with E-state index in [0.29, 0.717) is 47.7 Å². The van der Waals surface area contributed by atoms with Crippen LogP contribution in [0.1, 0.15) is 5.82 Å². The maximum absolute atomic E-state index is 12.1. The zero-order valence-electron chi connectivity index (χ0n) is 16.5. The van der Waals surface area contributed by atoms with Crippen molar-refractivity contribution >= 4 is 17.5 Å². The maximum atomic E-state index is 12.1. The molecule has 0 atom stereocenters. The van der Waals surface area contributed by atoms with Crippen LogP contribution in [0.2, 0.25) is 0 Å². The summed E-state index contributed by atoms with van der Waals surface area (Å²) in [5.41, 5.74) is 0.571. The predicted octanol–water partition coefficient (Wildman–Crippen LogP) is 2.22. The maximum Gasteiger partial charge on any atom is 0.319 e. The fourth-order valence-corrected chi connectivity index (χ4v) is 2.59. The van der Waals surface area contributed by atoms with Crippen LogP contribution in [0.5, 0.6) is 11.5 Å². The number of rotatable bonds is 8. The number of anilines is 2. The van der Waals surface area contributed by atoms with Gasteiger partial charge in [-0.3, -0.25) is 0 Å². The van der Waals surface area contributed by atoms with Crippen molar-refractivity contribution in [3.8, 4) is 17.3 Å². The van der Waals surface area contributed by atoms with E-state index in [2.05, 4.69) is 31.0 Å². The van der Waals surface area contributed by atoms with E-state index < -0.39 is 0 Å². The van der Waals surface area contributed by atoms with E-state index in [0.717, 1.165) is 0 Å². The van der Waals surface area contributed by atoms with Crippen LogP contribution in [0.4, 0.5) is 16.3 Å². The van der Waals surface area contributed by atoms with Gasteiger partial charge in [-0.1, -0.05) is 0 Å². The van der Waals surface area contributed by atoms with Crippen molar-refractivity contribution in [3.63, 3.8) is 0 Å². The Morgan fingerprint density at radius 3 is 2.48 bits per heavy atom. The Morgan fingerprint density at radius 2 is 1.83 bits per heavy atom. The highest BCUT2D eigenvalue weighted by Crippen LogP contribution is 2.25. The minimum absolute atomic E-state index is 0.335. The van der Waals surface area contributed by atoms with Gasteiger partial charge in [0.15, 0.2) is 5.82 Å². The zero-order chi connectivity index (χ0) is 20.6. The van der Waals surface area contributed by atoms with Crippen LogP contribution in [0.25, 0.3) is 5.82 Å². The number of nitrogens with zero attached hydrogens (tertiary/aromatic N) is 4. The highest BCUT2D eigenvalue weighted by molar-refractivity contribution is 5.89. The van der Waals surface area contributed by atoms with Crippen LogP contribution in [0.3, 0.4) is 0 Å². The molecule has 29 heavy (non-hydrogen) atoms. The van der Waals surface area contributed by atoms with Crippen molar-refractivity contribution in [2.24, 2.45) is 0 Å². The van der Waals surface area contributed by atoms with E-state index in [1.165, 1.54) is 0 Å². The highest BCUT2D eigenvalue weighted by atomic mass is 16.5. The van der Waals surface area contributed by atoms with Gasteiger partial charge in [-0.2, -0.15) is 5.10 Å². The van der Waals surface area contributed by atoms with E-state index in [9.17, 15) is 4.79 Å². The van der Waals surface area contributed by atoms with E-state index in [1.54, 1.807) is 49.4 Å². The minimum Gasteiger partial charge on any atom is -0.497 e. The molecule has 3 N–H and O–H groups in total. The molecule has 3 aromatic rings. The van der Waals surface area contributed by atoms with Crippen molar-refractivity contribution in [2.75, 3.05) is 37.9 Å². The molecule has 0 saturated heterocycles. The molecule has 0 unspecified atom stereocenters. The number of methoxy groups -OCH3 is 2. The SMILES string of the molecule is COc1cc(NC(=O)NCCNc2cc(-n3cccn3)nc(C)n2)cc(OC)c1.